The molecule has 0 saturated carbocycles. The molecule has 39 heavy (non-hydrogen) atoms. The second-order valence-corrected chi connectivity index (χ2v) is 16.0. The lowest BCUT2D eigenvalue weighted by atomic mass is 9.83. The van der Waals surface area contributed by atoms with E-state index >= 15 is 0 Å². The van der Waals surface area contributed by atoms with E-state index in [9.17, 15) is 28.6 Å². The Morgan fingerprint density at radius 3 is 2.26 bits per heavy atom. The Morgan fingerprint density at radius 1 is 0.949 bits per heavy atom. The van der Waals surface area contributed by atoms with Crippen molar-refractivity contribution in [2.24, 2.45) is 0 Å². The smallest absolute Gasteiger partial charge is 0.336 e. The van der Waals surface area contributed by atoms with Crippen molar-refractivity contribution in [2.75, 3.05) is 31.1 Å². The summed E-state index contributed by atoms with van der Waals surface area (Å²) < 4.78 is 27.6. The zero-order valence-corrected chi connectivity index (χ0v) is 23.0. The van der Waals surface area contributed by atoms with Crippen LogP contribution in [0.15, 0.2) is 65.4 Å². The highest BCUT2D eigenvalue weighted by atomic mass is 28.3. The van der Waals surface area contributed by atoms with E-state index < -0.39 is 37.9 Å². The zero-order valence-electron chi connectivity index (χ0n) is 22.0. The van der Waals surface area contributed by atoms with E-state index in [2.05, 4.69) is 37.1 Å². The summed E-state index contributed by atoms with van der Waals surface area (Å²) in [6, 6.07) is 10.1. The number of fused-ring (bicyclic) bond motifs is 2. The van der Waals surface area contributed by atoms with Gasteiger partial charge >= 0.3 is 11.9 Å². The molecule has 0 bridgehead atoms. The van der Waals surface area contributed by atoms with Crippen molar-refractivity contribution in [1.82, 2.24) is 4.90 Å². The van der Waals surface area contributed by atoms with E-state index in [1.165, 1.54) is 18.2 Å². The lowest BCUT2D eigenvalue weighted by molar-refractivity contribution is 0.0198. The summed E-state index contributed by atoms with van der Waals surface area (Å²) in [5.74, 6) is -2.28. The van der Waals surface area contributed by atoms with Crippen LogP contribution in [0.2, 0.25) is 13.1 Å². The predicted octanol–water partition coefficient (Wildman–Crippen LogP) is 4.42. The van der Waals surface area contributed by atoms with Crippen LogP contribution in [0.4, 0.5) is 14.5 Å². The third-order valence-corrected chi connectivity index (χ3v) is 12.2. The van der Waals surface area contributed by atoms with Crippen LogP contribution in [0, 0.1) is 0 Å². The van der Waals surface area contributed by atoms with Gasteiger partial charge in [-0.2, -0.15) is 0 Å². The summed E-state index contributed by atoms with van der Waals surface area (Å²) in [7, 11) is -2.40. The molecule has 2 N–H and O–H groups in total. The second-order valence-electron chi connectivity index (χ2n) is 11.6. The molecule has 3 aliphatic heterocycles. The van der Waals surface area contributed by atoms with Gasteiger partial charge in [0.15, 0.2) is 0 Å². The average Bonchev–Trinajstić information content (AvgIpc) is 2.85. The molecule has 202 valence electrons. The number of carbonyl (C=O) groups is 2. The quantitative estimate of drug-likeness (QED) is 0.539. The number of alkyl halides is 2. The number of hydrogen-bond donors (Lipinski definition) is 2. The molecule has 4 aliphatic rings. The highest BCUT2D eigenvalue weighted by Crippen LogP contribution is 2.46. The molecule has 0 aromatic heterocycles. The summed E-state index contributed by atoms with van der Waals surface area (Å²) in [5.41, 5.74) is 3.20. The molecule has 6 rings (SSSR count). The first-order valence-corrected chi connectivity index (χ1v) is 16.1. The number of likely N-dealkylation sites (tertiary alicyclic amines) is 1. The number of nitrogens with zero attached hydrogens (tertiary/aromatic N) is 2. The third kappa shape index (κ3) is 3.98. The van der Waals surface area contributed by atoms with Gasteiger partial charge in [-0.1, -0.05) is 37.4 Å². The molecule has 0 spiro atoms. The summed E-state index contributed by atoms with van der Waals surface area (Å²) in [4.78, 5) is 28.3. The van der Waals surface area contributed by atoms with Gasteiger partial charge in [0.05, 0.1) is 29.8 Å². The highest BCUT2D eigenvalue weighted by Gasteiger charge is 2.46. The molecule has 2 aromatic rings. The minimum Gasteiger partial charge on any atom is -0.478 e. The van der Waals surface area contributed by atoms with Crippen molar-refractivity contribution in [3.63, 3.8) is 0 Å². The van der Waals surface area contributed by atoms with E-state index in [0.29, 0.717) is 37.3 Å². The van der Waals surface area contributed by atoms with E-state index in [1.54, 1.807) is 0 Å². The van der Waals surface area contributed by atoms with Gasteiger partial charge in [0.2, 0.25) is 0 Å². The molecule has 2 fully saturated rings. The number of carboxylic acids is 2. The van der Waals surface area contributed by atoms with Gasteiger partial charge in [0.1, 0.15) is 20.4 Å². The average molecular weight is 549 g/mol. The van der Waals surface area contributed by atoms with E-state index in [4.69, 9.17) is 0 Å². The second kappa shape index (κ2) is 8.72. The molecular weight excluding hydrogens is 518 g/mol. The van der Waals surface area contributed by atoms with Crippen molar-refractivity contribution in [1.29, 1.82) is 0 Å². The van der Waals surface area contributed by atoms with Gasteiger partial charge in [-0.15, -0.1) is 0 Å². The Hall–Kier alpha value is -3.56. The summed E-state index contributed by atoms with van der Waals surface area (Å²) in [6.45, 7) is 7.91. The van der Waals surface area contributed by atoms with E-state index in [0.717, 1.165) is 27.2 Å². The number of aromatic carboxylic acids is 2. The molecule has 1 aliphatic carbocycles. The fraction of sp³-hybridized carbons (Fsp3) is 0.333. The van der Waals surface area contributed by atoms with Crippen molar-refractivity contribution >= 4 is 36.5 Å². The number of benzene rings is 2. The summed E-state index contributed by atoms with van der Waals surface area (Å²) in [6.07, 6.45) is 4.52. The van der Waals surface area contributed by atoms with E-state index in [-0.39, 0.29) is 11.1 Å². The highest BCUT2D eigenvalue weighted by molar-refractivity contribution is 6.97. The van der Waals surface area contributed by atoms with Crippen molar-refractivity contribution in [2.45, 2.75) is 37.9 Å². The first kappa shape index (κ1) is 25.7. The Balaban J connectivity index is 1.62. The van der Waals surface area contributed by atoms with Gasteiger partial charge in [0, 0.05) is 18.8 Å². The molecule has 2 saturated heterocycles. The molecule has 3 heterocycles. The van der Waals surface area contributed by atoms with Crippen LogP contribution in [0.3, 0.4) is 0 Å². The zero-order chi connectivity index (χ0) is 27.9. The maximum atomic E-state index is 13.8. The Morgan fingerprint density at radius 2 is 1.64 bits per heavy atom. The van der Waals surface area contributed by atoms with Crippen LogP contribution >= 0.6 is 0 Å². The van der Waals surface area contributed by atoms with Crippen LogP contribution in [-0.2, 0) is 0 Å². The number of halogens is 2. The number of anilines is 1. The normalized spacial score (nSPS) is 24.4. The van der Waals surface area contributed by atoms with Crippen molar-refractivity contribution in [3.8, 4) is 0 Å². The molecule has 2 aromatic carbocycles. The third-order valence-electron chi connectivity index (χ3n) is 8.69. The molecule has 1 atom stereocenters. The largest absolute Gasteiger partial charge is 0.478 e. The van der Waals surface area contributed by atoms with Gasteiger partial charge in [0.25, 0.3) is 0 Å². The van der Waals surface area contributed by atoms with Crippen molar-refractivity contribution in [3.05, 3.63) is 87.6 Å². The first-order valence-electron chi connectivity index (χ1n) is 13.1. The van der Waals surface area contributed by atoms with Crippen LogP contribution in [-0.4, -0.2) is 79.2 Å². The van der Waals surface area contributed by atoms with Crippen molar-refractivity contribution < 1.29 is 28.6 Å². The molecular formula is C30H30F2N2O4Si. The van der Waals surface area contributed by atoms with Gasteiger partial charge in [-0.25, -0.2) is 18.4 Å². The first-order chi connectivity index (χ1) is 18.4. The van der Waals surface area contributed by atoms with Gasteiger partial charge in [-0.05, 0) is 69.9 Å². The summed E-state index contributed by atoms with van der Waals surface area (Å²) >= 11 is 0. The Kier molecular flexibility index (Phi) is 5.75. The Bertz CT molecular complexity index is 1520. The predicted molar refractivity (Wildman–Crippen MR) is 149 cm³/mol. The minimum atomic E-state index is -2.40. The number of hydrogen-bond acceptors (Lipinski definition) is 4. The number of allylic oxidation sites excluding steroid dienone is 3. The lowest BCUT2D eigenvalue weighted by Crippen LogP contribution is -2.60. The Labute approximate surface area is 226 Å². The maximum absolute atomic E-state index is 13.8. The number of carboxylic acid groups (broad SMARTS) is 2. The minimum absolute atomic E-state index is 0.00244. The van der Waals surface area contributed by atoms with Gasteiger partial charge < -0.3 is 15.1 Å². The monoisotopic (exact) mass is 548 g/mol. The lowest BCUT2D eigenvalue weighted by Gasteiger charge is -2.49. The van der Waals surface area contributed by atoms with Crippen LogP contribution in [0.25, 0.3) is 5.57 Å². The molecule has 6 nitrogen and oxygen atoms in total. The summed E-state index contributed by atoms with van der Waals surface area (Å²) in [5, 5.41) is 22.0. The number of rotatable bonds is 5. The SMILES string of the molecule is CC1(N2CC(F)C2)C=CC2=C(c3cc(C(=O)O)ccc3C(=O)O)c3ccc(N4CC(F)C4)cc3[Si](C)(C)C2=C1. The van der Waals surface area contributed by atoms with Crippen LogP contribution in [0.5, 0.6) is 0 Å². The molecule has 9 heteroatoms. The fourth-order valence-corrected chi connectivity index (χ4v) is 9.48. The van der Waals surface area contributed by atoms with Gasteiger partial charge in [-0.3, -0.25) is 4.90 Å². The fourth-order valence-electron chi connectivity index (χ4n) is 6.26. The molecule has 1 unspecified atom stereocenters. The maximum Gasteiger partial charge on any atom is 0.336 e. The van der Waals surface area contributed by atoms with E-state index in [1.807, 2.05) is 29.2 Å². The standard InChI is InChI=1S/C30H30F2N2O4Si/c1-30(34-15-19(32)16-34)9-8-23-26(12-30)39(2,3)25-11-20(33-13-18(31)14-33)5-7-22(25)27(23)24-10-17(28(35)36)4-6-21(24)29(37)38/h4-12,18-19H,13-16H2,1-3H3,(H,35,36)(H,37,38). The molecule has 0 amide bonds. The van der Waals surface area contributed by atoms with Crippen LogP contribution in [0.1, 0.15) is 38.8 Å². The van der Waals surface area contributed by atoms with Crippen LogP contribution < -0.4 is 10.1 Å². The topological polar surface area (TPSA) is 81.1 Å². The molecule has 0 radical (unpaired) electrons.